The van der Waals surface area contributed by atoms with Crippen molar-refractivity contribution in [3.63, 3.8) is 0 Å². The second kappa shape index (κ2) is 7.34. The molecular formula is C17H21ClN2O. The van der Waals surface area contributed by atoms with Crippen LogP contribution >= 0.6 is 11.6 Å². The molecule has 4 heteroatoms. The van der Waals surface area contributed by atoms with Crippen LogP contribution in [0.1, 0.15) is 11.6 Å². The van der Waals surface area contributed by atoms with Crippen LogP contribution in [0.25, 0.3) is 0 Å². The second-order valence-electron chi connectivity index (χ2n) is 5.09. The van der Waals surface area contributed by atoms with Crippen molar-refractivity contribution in [3.8, 4) is 0 Å². The smallest absolute Gasteiger partial charge is 0.0786 e. The first-order valence-electron chi connectivity index (χ1n) is 6.89. The lowest BCUT2D eigenvalue weighted by molar-refractivity contribution is 0.186. The number of halogens is 1. The van der Waals surface area contributed by atoms with E-state index in [9.17, 15) is 0 Å². The summed E-state index contributed by atoms with van der Waals surface area (Å²) in [4.78, 5) is 2.01. The Labute approximate surface area is 131 Å². The van der Waals surface area contributed by atoms with Gasteiger partial charge in [-0.25, -0.2) is 0 Å². The van der Waals surface area contributed by atoms with Crippen LogP contribution in [-0.4, -0.2) is 27.8 Å². The van der Waals surface area contributed by atoms with E-state index in [1.807, 2.05) is 55.4 Å². The van der Waals surface area contributed by atoms with Gasteiger partial charge in [0.1, 0.15) is 0 Å². The van der Waals surface area contributed by atoms with Crippen LogP contribution < -0.4 is 10.2 Å². The first-order valence-corrected chi connectivity index (χ1v) is 7.27. The fraction of sp³-hybridized carbons (Fsp3) is 0.294. The van der Waals surface area contributed by atoms with E-state index in [1.54, 1.807) is 7.11 Å². The molecule has 1 N–H and O–H groups in total. The minimum atomic E-state index is 0.0772. The summed E-state index contributed by atoms with van der Waals surface area (Å²) in [5, 5.41) is 4.27. The van der Waals surface area contributed by atoms with Gasteiger partial charge >= 0.3 is 0 Å². The van der Waals surface area contributed by atoms with Gasteiger partial charge in [0.15, 0.2) is 0 Å². The average molecular weight is 305 g/mol. The Balaban J connectivity index is 2.32. The van der Waals surface area contributed by atoms with Crippen molar-refractivity contribution < 1.29 is 4.74 Å². The Hall–Kier alpha value is -1.71. The molecule has 0 spiro atoms. The average Bonchev–Trinajstić information content (AvgIpc) is 2.47. The molecule has 0 amide bonds. The Morgan fingerprint density at radius 1 is 1.10 bits per heavy atom. The van der Waals surface area contributed by atoms with Crippen LogP contribution in [0.4, 0.5) is 11.4 Å². The summed E-state index contributed by atoms with van der Waals surface area (Å²) in [5.74, 6) is 0. The summed E-state index contributed by atoms with van der Waals surface area (Å²) in [6.07, 6.45) is 0. The molecule has 0 bridgehead atoms. The minimum absolute atomic E-state index is 0.0772. The molecule has 0 fully saturated rings. The van der Waals surface area contributed by atoms with Crippen molar-refractivity contribution in [2.24, 2.45) is 0 Å². The molecule has 0 saturated carbocycles. The first kappa shape index (κ1) is 15.7. The molecule has 21 heavy (non-hydrogen) atoms. The van der Waals surface area contributed by atoms with Gasteiger partial charge in [-0.3, -0.25) is 0 Å². The highest BCUT2D eigenvalue weighted by molar-refractivity contribution is 6.34. The molecule has 0 aliphatic carbocycles. The van der Waals surface area contributed by atoms with Gasteiger partial charge in [-0.2, -0.15) is 0 Å². The lowest BCUT2D eigenvalue weighted by Crippen LogP contribution is -2.19. The number of hydrogen-bond acceptors (Lipinski definition) is 3. The molecule has 0 aromatic heterocycles. The van der Waals surface area contributed by atoms with Crippen LogP contribution in [0.3, 0.4) is 0 Å². The van der Waals surface area contributed by atoms with Gasteiger partial charge in [0.05, 0.1) is 29.0 Å². The summed E-state index contributed by atoms with van der Waals surface area (Å²) < 4.78 is 5.35. The van der Waals surface area contributed by atoms with Crippen LogP contribution in [0, 0.1) is 0 Å². The molecule has 0 heterocycles. The van der Waals surface area contributed by atoms with Crippen molar-refractivity contribution in [1.82, 2.24) is 0 Å². The molecule has 1 atom stereocenters. The highest BCUT2D eigenvalue weighted by Gasteiger charge is 2.15. The molecule has 0 aliphatic heterocycles. The van der Waals surface area contributed by atoms with Crippen molar-refractivity contribution in [3.05, 3.63) is 59.1 Å². The van der Waals surface area contributed by atoms with Crippen molar-refractivity contribution in [2.75, 3.05) is 38.0 Å². The first-order chi connectivity index (χ1) is 10.1. The van der Waals surface area contributed by atoms with E-state index in [2.05, 4.69) is 17.4 Å². The third kappa shape index (κ3) is 3.90. The lowest BCUT2D eigenvalue weighted by atomic mass is 10.1. The van der Waals surface area contributed by atoms with Gasteiger partial charge in [-0.15, -0.1) is 0 Å². The molecule has 0 saturated heterocycles. The largest absolute Gasteiger partial charge is 0.382 e. The number of nitrogens with one attached hydrogen (secondary N) is 1. The van der Waals surface area contributed by atoms with Crippen molar-refractivity contribution >= 4 is 23.0 Å². The number of methoxy groups -OCH3 is 1. The molecule has 3 nitrogen and oxygen atoms in total. The number of nitrogens with zero attached hydrogens (tertiary/aromatic N) is 1. The fourth-order valence-corrected chi connectivity index (χ4v) is 2.69. The third-order valence-electron chi connectivity index (χ3n) is 3.30. The summed E-state index contributed by atoms with van der Waals surface area (Å²) in [6.45, 7) is 0.587. The summed E-state index contributed by atoms with van der Waals surface area (Å²) in [7, 11) is 5.68. The van der Waals surface area contributed by atoms with E-state index in [4.69, 9.17) is 16.3 Å². The van der Waals surface area contributed by atoms with E-state index in [-0.39, 0.29) is 6.04 Å². The van der Waals surface area contributed by atoms with Crippen LogP contribution in [-0.2, 0) is 4.74 Å². The Bertz CT molecular complexity index is 572. The maximum atomic E-state index is 6.32. The molecule has 2 aromatic carbocycles. The highest BCUT2D eigenvalue weighted by atomic mass is 35.5. The standard InChI is InChI=1S/C17H21ClN2O/c1-20(2)17-14(18)10-7-11-15(17)19-16(12-21-3)13-8-5-4-6-9-13/h4-11,16,19H,12H2,1-3H3. The quantitative estimate of drug-likeness (QED) is 0.865. The van der Waals surface area contributed by atoms with Gasteiger partial charge in [0.2, 0.25) is 0 Å². The molecular weight excluding hydrogens is 284 g/mol. The Morgan fingerprint density at radius 2 is 1.81 bits per heavy atom. The molecule has 2 rings (SSSR count). The van der Waals surface area contributed by atoms with Gasteiger partial charge in [0.25, 0.3) is 0 Å². The Kier molecular flexibility index (Phi) is 5.48. The fourth-order valence-electron chi connectivity index (χ4n) is 2.35. The molecule has 1 unspecified atom stereocenters. The zero-order valence-electron chi connectivity index (χ0n) is 12.6. The SMILES string of the molecule is COCC(Nc1cccc(Cl)c1N(C)C)c1ccccc1. The predicted molar refractivity (Wildman–Crippen MR) is 90.5 cm³/mol. The van der Waals surface area contributed by atoms with Gasteiger partial charge < -0.3 is 15.0 Å². The topological polar surface area (TPSA) is 24.5 Å². The summed E-state index contributed by atoms with van der Waals surface area (Å²) in [6, 6.07) is 16.2. The normalized spacial score (nSPS) is 12.0. The molecule has 0 aliphatic rings. The number of hydrogen-bond donors (Lipinski definition) is 1. The zero-order chi connectivity index (χ0) is 15.2. The second-order valence-corrected chi connectivity index (χ2v) is 5.50. The van der Waals surface area contributed by atoms with E-state index < -0.39 is 0 Å². The monoisotopic (exact) mass is 304 g/mol. The van der Waals surface area contributed by atoms with Gasteiger partial charge in [-0.05, 0) is 17.7 Å². The molecule has 112 valence electrons. The van der Waals surface area contributed by atoms with Crippen LogP contribution in [0.15, 0.2) is 48.5 Å². The summed E-state index contributed by atoms with van der Waals surface area (Å²) in [5.41, 5.74) is 3.17. The third-order valence-corrected chi connectivity index (χ3v) is 3.60. The van der Waals surface area contributed by atoms with E-state index in [1.165, 1.54) is 5.56 Å². The Morgan fingerprint density at radius 3 is 2.43 bits per heavy atom. The lowest BCUT2D eigenvalue weighted by Gasteiger charge is -2.25. The van der Waals surface area contributed by atoms with Gasteiger partial charge in [-0.1, -0.05) is 48.0 Å². The zero-order valence-corrected chi connectivity index (χ0v) is 13.4. The van der Waals surface area contributed by atoms with Gasteiger partial charge in [0, 0.05) is 21.2 Å². The predicted octanol–water partition coefficient (Wildman–Crippen LogP) is 4.21. The molecule has 0 radical (unpaired) electrons. The number of ether oxygens (including phenoxy) is 1. The minimum Gasteiger partial charge on any atom is -0.382 e. The van der Waals surface area contributed by atoms with E-state index in [0.717, 1.165) is 16.4 Å². The van der Waals surface area contributed by atoms with E-state index in [0.29, 0.717) is 6.61 Å². The van der Waals surface area contributed by atoms with E-state index >= 15 is 0 Å². The van der Waals surface area contributed by atoms with Crippen molar-refractivity contribution in [1.29, 1.82) is 0 Å². The van der Waals surface area contributed by atoms with Crippen LogP contribution in [0.2, 0.25) is 5.02 Å². The number of anilines is 2. The summed E-state index contributed by atoms with van der Waals surface area (Å²) >= 11 is 6.32. The highest BCUT2D eigenvalue weighted by Crippen LogP contribution is 2.34. The maximum Gasteiger partial charge on any atom is 0.0786 e. The number of benzene rings is 2. The molecule has 2 aromatic rings. The number of para-hydroxylation sites is 1. The number of rotatable bonds is 6. The maximum absolute atomic E-state index is 6.32. The van der Waals surface area contributed by atoms with Crippen molar-refractivity contribution in [2.45, 2.75) is 6.04 Å². The van der Waals surface area contributed by atoms with Crippen LogP contribution in [0.5, 0.6) is 0 Å².